The van der Waals surface area contributed by atoms with Crippen LogP contribution in [0.1, 0.15) is 5.56 Å². The third kappa shape index (κ3) is 4.57. The molecule has 11 nitrogen and oxygen atoms in total. The van der Waals surface area contributed by atoms with Gasteiger partial charge < -0.3 is 24.6 Å². The average Bonchev–Trinajstić information content (AvgIpc) is 3.24. The molecule has 4 rings (SSSR count). The van der Waals surface area contributed by atoms with Crippen molar-refractivity contribution in [3.05, 3.63) is 54.7 Å². The minimum Gasteiger partial charge on any atom is -0.493 e. The first-order chi connectivity index (χ1) is 15.6. The lowest BCUT2D eigenvalue weighted by molar-refractivity contribution is -0.116. The van der Waals surface area contributed by atoms with Gasteiger partial charge in [0.05, 0.1) is 44.1 Å². The number of aliphatic hydroxyl groups is 1. The minimum absolute atomic E-state index is 0.0517. The molecule has 32 heavy (non-hydrogen) atoms. The average molecular weight is 436 g/mol. The second-order valence-corrected chi connectivity index (χ2v) is 6.63. The Bertz CT molecular complexity index is 1260. The molecule has 0 unspecified atom stereocenters. The molecule has 1 aromatic carbocycles. The maximum absolute atomic E-state index is 12.3. The second-order valence-electron chi connectivity index (χ2n) is 6.63. The van der Waals surface area contributed by atoms with Gasteiger partial charge in [0.1, 0.15) is 18.7 Å². The molecular weight excluding hydrogens is 416 g/mol. The van der Waals surface area contributed by atoms with E-state index < -0.39 is 0 Å². The quantitative estimate of drug-likeness (QED) is 0.426. The Hall–Kier alpha value is -4.25. The van der Waals surface area contributed by atoms with Gasteiger partial charge >= 0.3 is 0 Å². The SMILES string of the molecule is COc1cc2ncnc(Oc3cnn(CC(=O)Nc4cc(CO)ccn4)c3)c2cc1OC. The van der Waals surface area contributed by atoms with Gasteiger partial charge in [-0.2, -0.15) is 5.10 Å². The molecule has 2 N–H and O–H groups in total. The Morgan fingerprint density at radius 2 is 1.94 bits per heavy atom. The smallest absolute Gasteiger partial charge is 0.247 e. The molecule has 0 fully saturated rings. The molecule has 0 bridgehead atoms. The summed E-state index contributed by atoms with van der Waals surface area (Å²) in [6, 6.07) is 6.72. The van der Waals surface area contributed by atoms with E-state index in [1.165, 1.54) is 23.4 Å². The monoisotopic (exact) mass is 436 g/mol. The van der Waals surface area contributed by atoms with Crippen molar-refractivity contribution >= 4 is 22.6 Å². The Labute approximate surface area is 182 Å². The predicted molar refractivity (Wildman–Crippen MR) is 114 cm³/mol. The molecule has 0 saturated heterocycles. The molecule has 0 aliphatic carbocycles. The van der Waals surface area contributed by atoms with E-state index in [-0.39, 0.29) is 19.1 Å². The molecule has 3 aromatic heterocycles. The highest BCUT2D eigenvalue weighted by Crippen LogP contribution is 2.35. The van der Waals surface area contributed by atoms with Crippen molar-refractivity contribution in [1.29, 1.82) is 0 Å². The van der Waals surface area contributed by atoms with Crippen LogP contribution < -0.4 is 19.5 Å². The predicted octanol–water partition coefficient (Wildman–Crippen LogP) is 2.16. The third-order valence-electron chi connectivity index (χ3n) is 4.51. The van der Waals surface area contributed by atoms with E-state index in [4.69, 9.17) is 14.2 Å². The fourth-order valence-corrected chi connectivity index (χ4v) is 3.01. The number of hydrogen-bond acceptors (Lipinski definition) is 9. The standard InChI is InChI=1S/C21H20N6O5/c1-30-17-6-15-16(7-18(17)31-2)23-12-24-21(15)32-14-8-25-27(9-14)10-20(29)26-19-5-13(11-28)3-4-22-19/h3-9,12,28H,10-11H2,1-2H3,(H,22,26,29). The van der Waals surface area contributed by atoms with Crippen LogP contribution >= 0.6 is 0 Å². The summed E-state index contributed by atoms with van der Waals surface area (Å²) in [5, 5.41) is 16.6. The molecule has 0 saturated carbocycles. The van der Waals surface area contributed by atoms with Crippen LogP contribution in [0.5, 0.6) is 23.1 Å². The van der Waals surface area contributed by atoms with E-state index in [1.54, 1.807) is 44.7 Å². The molecule has 4 aromatic rings. The highest BCUT2D eigenvalue weighted by molar-refractivity contribution is 5.89. The number of benzene rings is 1. The summed E-state index contributed by atoms with van der Waals surface area (Å²) in [6.07, 6.45) is 5.95. The molecule has 0 aliphatic heterocycles. The number of nitrogens with one attached hydrogen (secondary N) is 1. The van der Waals surface area contributed by atoms with Crippen LogP contribution in [0.15, 0.2) is 49.2 Å². The first-order valence-corrected chi connectivity index (χ1v) is 9.52. The summed E-state index contributed by atoms with van der Waals surface area (Å²) < 4.78 is 17.9. The van der Waals surface area contributed by atoms with Gasteiger partial charge in [-0.3, -0.25) is 9.48 Å². The molecule has 0 atom stereocenters. The summed E-state index contributed by atoms with van der Waals surface area (Å²) in [5.74, 6) is 1.79. The maximum Gasteiger partial charge on any atom is 0.247 e. The number of rotatable bonds is 8. The molecule has 3 heterocycles. The zero-order valence-electron chi connectivity index (χ0n) is 17.3. The molecule has 0 radical (unpaired) electrons. The summed E-state index contributed by atoms with van der Waals surface area (Å²) in [6.45, 7) is -0.189. The van der Waals surface area contributed by atoms with Gasteiger partial charge in [-0.1, -0.05) is 0 Å². The van der Waals surface area contributed by atoms with Crippen LogP contribution in [0, 0.1) is 0 Å². The normalized spacial score (nSPS) is 10.7. The van der Waals surface area contributed by atoms with E-state index in [1.807, 2.05) is 0 Å². The summed E-state index contributed by atoms with van der Waals surface area (Å²) in [4.78, 5) is 24.8. The molecule has 1 amide bonds. The van der Waals surface area contributed by atoms with Crippen LogP contribution in [0.2, 0.25) is 0 Å². The zero-order valence-corrected chi connectivity index (χ0v) is 17.3. The lowest BCUT2D eigenvalue weighted by atomic mass is 10.2. The minimum atomic E-state index is -0.327. The van der Waals surface area contributed by atoms with Crippen molar-refractivity contribution in [2.75, 3.05) is 19.5 Å². The topological polar surface area (TPSA) is 134 Å². The zero-order chi connectivity index (χ0) is 22.5. The fourth-order valence-electron chi connectivity index (χ4n) is 3.01. The number of carbonyl (C=O) groups excluding carboxylic acids is 1. The van der Waals surface area contributed by atoms with Gasteiger partial charge in [0.2, 0.25) is 11.8 Å². The van der Waals surface area contributed by atoms with Crippen LogP contribution in [-0.2, 0) is 17.9 Å². The van der Waals surface area contributed by atoms with Crippen LogP contribution in [0.25, 0.3) is 10.9 Å². The van der Waals surface area contributed by atoms with Gasteiger partial charge in [-0.05, 0) is 23.8 Å². The van der Waals surface area contributed by atoms with Crippen molar-refractivity contribution < 1.29 is 24.1 Å². The summed E-state index contributed by atoms with van der Waals surface area (Å²) >= 11 is 0. The summed E-state index contributed by atoms with van der Waals surface area (Å²) in [7, 11) is 3.09. The number of nitrogens with zero attached hydrogens (tertiary/aromatic N) is 5. The van der Waals surface area contributed by atoms with Crippen molar-refractivity contribution in [2.24, 2.45) is 0 Å². The van der Waals surface area contributed by atoms with E-state index in [2.05, 4.69) is 25.4 Å². The largest absolute Gasteiger partial charge is 0.493 e. The van der Waals surface area contributed by atoms with Crippen molar-refractivity contribution in [1.82, 2.24) is 24.7 Å². The Morgan fingerprint density at radius 1 is 1.12 bits per heavy atom. The van der Waals surface area contributed by atoms with E-state index >= 15 is 0 Å². The second kappa shape index (κ2) is 9.27. The Morgan fingerprint density at radius 3 is 2.72 bits per heavy atom. The van der Waals surface area contributed by atoms with Gasteiger partial charge in [0, 0.05) is 12.3 Å². The molecule has 164 valence electrons. The number of ether oxygens (including phenoxy) is 3. The third-order valence-corrected chi connectivity index (χ3v) is 4.51. The van der Waals surface area contributed by atoms with E-state index in [9.17, 15) is 9.90 Å². The van der Waals surface area contributed by atoms with E-state index in [0.29, 0.717) is 45.4 Å². The fraction of sp³-hybridized carbons (Fsp3) is 0.190. The van der Waals surface area contributed by atoms with Gasteiger partial charge in [0.15, 0.2) is 17.2 Å². The number of carbonyl (C=O) groups is 1. The molecule has 11 heteroatoms. The lowest BCUT2D eigenvalue weighted by Gasteiger charge is -2.10. The van der Waals surface area contributed by atoms with Crippen molar-refractivity contribution in [2.45, 2.75) is 13.2 Å². The van der Waals surface area contributed by atoms with E-state index in [0.717, 1.165) is 0 Å². The number of pyridine rings is 1. The van der Waals surface area contributed by atoms with Crippen molar-refractivity contribution in [3.8, 4) is 23.1 Å². The highest BCUT2D eigenvalue weighted by atomic mass is 16.5. The first kappa shape index (κ1) is 21.0. The number of amides is 1. The number of hydrogen-bond donors (Lipinski definition) is 2. The number of fused-ring (bicyclic) bond motifs is 1. The molecule has 0 spiro atoms. The number of anilines is 1. The Balaban J connectivity index is 1.48. The number of aliphatic hydroxyl groups excluding tert-OH is 1. The van der Waals surface area contributed by atoms with Crippen LogP contribution in [0.3, 0.4) is 0 Å². The summed E-state index contributed by atoms with van der Waals surface area (Å²) in [5.41, 5.74) is 1.27. The van der Waals surface area contributed by atoms with Crippen molar-refractivity contribution in [3.63, 3.8) is 0 Å². The Kier molecular flexibility index (Phi) is 6.08. The van der Waals surface area contributed by atoms with Gasteiger partial charge in [-0.15, -0.1) is 0 Å². The lowest BCUT2D eigenvalue weighted by Crippen LogP contribution is -2.19. The first-order valence-electron chi connectivity index (χ1n) is 9.52. The molecular formula is C21H20N6O5. The van der Waals surface area contributed by atoms with Gasteiger partial charge in [-0.25, -0.2) is 15.0 Å². The van der Waals surface area contributed by atoms with Crippen LogP contribution in [0.4, 0.5) is 5.82 Å². The number of methoxy groups -OCH3 is 2. The van der Waals surface area contributed by atoms with Crippen LogP contribution in [-0.4, -0.2) is 50.0 Å². The molecule has 0 aliphatic rings. The highest BCUT2D eigenvalue weighted by Gasteiger charge is 2.14. The van der Waals surface area contributed by atoms with Gasteiger partial charge in [0.25, 0.3) is 0 Å². The number of aromatic nitrogens is 5. The maximum atomic E-state index is 12.3.